The summed E-state index contributed by atoms with van der Waals surface area (Å²) in [7, 11) is 3.51. The normalized spacial score (nSPS) is 10.4. The molecular weight excluding hydrogens is 476 g/mol. The highest BCUT2D eigenvalue weighted by atomic mass is 16.5. The van der Waals surface area contributed by atoms with Gasteiger partial charge in [-0.15, -0.1) is 0 Å². The molecule has 11 nitrogen and oxygen atoms in total. The van der Waals surface area contributed by atoms with Crippen molar-refractivity contribution in [3.63, 3.8) is 0 Å². The van der Waals surface area contributed by atoms with Crippen molar-refractivity contribution in [2.75, 3.05) is 21.3 Å². The van der Waals surface area contributed by atoms with E-state index in [4.69, 9.17) is 14.2 Å². The number of carbonyl (C=O) groups is 4. The number of ether oxygens (including phenoxy) is 3. The molecule has 0 aliphatic heterocycles. The lowest BCUT2D eigenvalue weighted by Gasteiger charge is -2.18. The largest absolute Gasteiger partial charge is 0.508 e. The van der Waals surface area contributed by atoms with Crippen molar-refractivity contribution in [3.05, 3.63) is 64.7 Å². The minimum Gasteiger partial charge on any atom is -0.508 e. The summed E-state index contributed by atoms with van der Waals surface area (Å²) in [6.07, 6.45) is 0. The molecule has 0 bridgehead atoms. The van der Waals surface area contributed by atoms with Crippen molar-refractivity contribution in [1.29, 1.82) is 0 Å². The van der Waals surface area contributed by atoms with Gasteiger partial charge in [0, 0.05) is 23.3 Å². The summed E-state index contributed by atoms with van der Waals surface area (Å²) in [5, 5.41) is 38.7. The first-order valence-corrected chi connectivity index (χ1v) is 10.1. The third-order valence-corrected chi connectivity index (χ3v) is 5.03. The molecule has 3 aromatic carbocycles. The fourth-order valence-electron chi connectivity index (χ4n) is 3.51. The first-order valence-electron chi connectivity index (χ1n) is 10.1. The second-order valence-electron chi connectivity index (χ2n) is 7.36. The maximum absolute atomic E-state index is 13.2. The van der Waals surface area contributed by atoms with Gasteiger partial charge in [0.2, 0.25) is 28.9 Å². The highest BCUT2D eigenvalue weighted by Gasteiger charge is 2.33. The molecule has 0 aromatic heterocycles. The van der Waals surface area contributed by atoms with E-state index in [-0.39, 0.29) is 28.4 Å². The molecule has 4 N–H and O–H groups in total. The quantitative estimate of drug-likeness (QED) is 0.253. The van der Waals surface area contributed by atoms with E-state index in [1.165, 1.54) is 21.3 Å². The van der Waals surface area contributed by atoms with Crippen LogP contribution in [0.15, 0.2) is 42.5 Å². The summed E-state index contributed by atoms with van der Waals surface area (Å²) in [5.74, 6) is -7.49. The van der Waals surface area contributed by atoms with Crippen molar-refractivity contribution in [2.45, 2.75) is 0 Å². The molecule has 0 amide bonds. The lowest BCUT2D eigenvalue weighted by molar-refractivity contribution is 0.0809. The number of rotatable bonds is 9. The predicted octanol–water partition coefficient (Wildman–Crippen LogP) is 2.67. The lowest BCUT2D eigenvalue weighted by atomic mass is 9.94. The SMILES string of the molecule is COc1c(C(=O)C(=O)c2cc(O)cc(O)c2)cc(C(=O)C(=O)c2cc(O)cc(O)c2)c(OC)c1OC. The van der Waals surface area contributed by atoms with Crippen LogP contribution in [0.3, 0.4) is 0 Å². The van der Waals surface area contributed by atoms with E-state index >= 15 is 0 Å². The average molecular weight is 496 g/mol. The summed E-state index contributed by atoms with van der Waals surface area (Å²) in [6, 6.07) is 6.65. The average Bonchev–Trinajstić information content (AvgIpc) is 2.84. The molecule has 0 spiro atoms. The number of hydrogen-bond donors (Lipinski definition) is 4. The Morgan fingerprint density at radius 2 is 0.778 bits per heavy atom. The van der Waals surface area contributed by atoms with E-state index in [2.05, 4.69) is 0 Å². The van der Waals surface area contributed by atoms with E-state index in [0.29, 0.717) is 0 Å². The molecule has 11 heteroatoms. The summed E-state index contributed by atoms with van der Waals surface area (Å²) in [5.41, 5.74) is -1.65. The van der Waals surface area contributed by atoms with Gasteiger partial charge >= 0.3 is 0 Å². The fraction of sp³-hybridized carbons (Fsp3) is 0.120. The standard InChI is InChI=1S/C25H20O11/c1-34-23-17(21(32)19(30)11-4-13(26)8-14(27)5-11)10-18(24(35-2)25(23)36-3)22(33)20(31)12-6-15(28)9-16(29)7-12/h4-10,26-29H,1-3H3. The Labute approximate surface area is 203 Å². The minimum atomic E-state index is -1.21. The van der Waals surface area contributed by atoms with Crippen molar-refractivity contribution >= 4 is 23.1 Å². The van der Waals surface area contributed by atoms with Crippen molar-refractivity contribution < 1.29 is 53.8 Å². The van der Waals surface area contributed by atoms with Gasteiger partial charge < -0.3 is 34.6 Å². The van der Waals surface area contributed by atoms with Crippen molar-refractivity contribution in [1.82, 2.24) is 0 Å². The van der Waals surface area contributed by atoms with E-state index in [0.717, 1.165) is 42.5 Å². The molecule has 0 aliphatic carbocycles. The third-order valence-electron chi connectivity index (χ3n) is 5.03. The number of hydrogen-bond acceptors (Lipinski definition) is 11. The summed E-state index contributed by atoms with van der Waals surface area (Å²) in [6.45, 7) is 0. The first-order chi connectivity index (χ1) is 17.0. The van der Waals surface area contributed by atoms with E-state index in [1.807, 2.05) is 0 Å². The van der Waals surface area contributed by atoms with Crippen LogP contribution in [0.1, 0.15) is 41.4 Å². The van der Waals surface area contributed by atoms with Gasteiger partial charge in [-0.3, -0.25) is 19.2 Å². The van der Waals surface area contributed by atoms with Crippen molar-refractivity contribution in [2.24, 2.45) is 0 Å². The molecule has 0 fully saturated rings. The molecule has 0 heterocycles. The number of phenols is 4. The summed E-state index contributed by atoms with van der Waals surface area (Å²) >= 11 is 0. The number of phenolic OH excluding ortho intramolecular Hbond substituents is 4. The molecular formula is C25H20O11. The molecule has 36 heavy (non-hydrogen) atoms. The second-order valence-corrected chi connectivity index (χ2v) is 7.36. The maximum atomic E-state index is 13.2. The molecule has 0 atom stereocenters. The van der Waals surface area contributed by atoms with Crippen LogP contribution in [0.25, 0.3) is 0 Å². The highest BCUT2D eigenvalue weighted by molar-refractivity contribution is 6.52. The molecule has 0 radical (unpaired) electrons. The fourth-order valence-corrected chi connectivity index (χ4v) is 3.51. The van der Waals surface area contributed by atoms with Crippen LogP contribution >= 0.6 is 0 Å². The van der Waals surface area contributed by atoms with Gasteiger partial charge in [-0.05, 0) is 30.3 Å². The Kier molecular flexibility index (Phi) is 7.14. The van der Waals surface area contributed by atoms with Crippen LogP contribution in [-0.2, 0) is 0 Å². The number of benzene rings is 3. The molecule has 0 unspecified atom stereocenters. The Balaban J connectivity index is 2.20. The second kappa shape index (κ2) is 10.1. The van der Waals surface area contributed by atoms with Gasteiger partial charge in [0.15, 0.2) is 11.5 Å². The molecule has 0 saturated carbocycles. The molecule has 3 rings (SSSR count). The Bertz CT molecular complexity index is 1260. The van der Waals surface area contributed by atoms with Crippen LogP contribution in [0.2, 0.25) is 0 Å². The molecule has 3 aromatic rings. The number of carbonyl (C=O) groups excluding carboxylic acids is 4. The number of Topliss-reactive ketones (excluding diaryl/α,β-unsaturated/α-hetero) is 4. The summed E-state index contributed by atoms with van der Waals surface area (Å²) in [4.78, 5) is 52.1. The molecule has 186 valence electrons. The van der Waals surface area contributed by atoms with Gasteiger partial charge in [-0.25, -0.2) is 0 Å². The van der Waals surface area contributed by atoms with Gasteiger partial charge in [0.25, 0.3) is 0 Å². The number of aromatic hydroxyl groups is 4. The van der Waals surface area contributed by atoms with Gasteiger partial charge in [0.05, 0.1) is 32.5 Å². The number of methoxy groups -OCH3 is 3. The zero-order valence-electron chi connectivity index (χ0n) is 19.2. The molecule has 0 saturated heterocycles. The van der Waals surface area contributed by atoms with Gasteiger partial charge in [0.1, 0.15) is 23.0 Å². The maximum Gasteiger partial charge on any atom is 0.237 e. The van der Waals surface area contributed by atoms with Crippen LogP contribution in [-0.4, -0.2) is 64.9 Å². The van der Waals surface area contributed by atoms with E-state index in [1.54, 1.807) is 0 Å². The topological polar surface area (TPSA) is 177 Å². The van der Waals surface area contributed by atoms with Crippen LogP contribution in [0.5, 0.6) is 40.2 Å². The first kappa shape index (κ1) is 25.6. The molecule has 0 aliphatic rings. The highest BCUT2D eigenvalue weighted by Crippen LogP contribution is 2.44. The smallest absolute Gasteiger partial charge is 0.237 e. The Morgan fingerprint density at radius 1 is 0.472 bits per heavy atom. The van der Waals surface area contributed by atoms with Crippen LogP contribution < -0.4 is 14.2 Å². The Hall–Kier alpha value is -5.06. The third kappa shape index (κ3) is 4.75. The van der Waals surface area contributed by atoms with E-state index < -0.39 is 57.3 Å². The zero-order chi connectivity index (χ0) is 26.7. The zero-order valence-corrected chi connectivity index (χ0v) is 19.2. The minimum absolute atomic E-state index is 0.271. The van der Waals surface area contributed by atoms with Crippen LogP contribution in [0.4, 0.5) is 0 Å². The predicted molar refractivity (Wildman–Crippen MR) is 123 cm³/mol. The number of ketones is 4. The lowest BCUT2D eigenvalue weighted by Crippen LogP contribution is -2.20. The van der Waals surface area contributed by atoms with Gasteiger partial charge in [-0.2, -0.15) is 0 Å². The monoisotopic (exact) mass is 496 g/mol. The Morgan fingerprint density at radius 3 is 1.06 bits per heavy atom. The van der Waals surface area contributed by atoms with Gasteiger partial charge in [-0.1, -0.05) is 0 Å². The van der Waals surface area contributed by atoms with Crippen molar-refractivity contribution in [3.8, 4) is 40.2 Å². The summed E-state index contributed by atoms with van der Waals surface area (Å²) < 4.78 is 15.7. The van der Waals surface area contributed by atoms with E-state index in [9.17, 15) is 39.6 Å². The van der Waals surface area contributed by atoms with Crippen LogP contribution in [0, 0.1) is 0 Å².